The zero-order valence-electron chi connectivity index (χ0n) is 15.4. The summed E-state index contributed by atoms with van der Waals surface area (Å²) in [5.41, 5.74) is 0.805. The number of halogens is 4. The Morgan fingerprint density at radius 1 is 0.852 bits per heavy atom. The Kier molecular flexibility index (Phi) is 8.72. The van der Waals surface area contributed by atoms with Gasteiger partial charge < -0.3 is 19.5 Å². The molecule has 0 amide bonds. The first kappa shape index (κ1) is 22.9. The lowest BCUT2D eigenvalue weighted by Crippen LogP contribution is -2.18. The molecule has 27 heavy (non-hydrogen) atoms. The number of hydrogen-bond donors (Lipinski definition) is 1. The van der Waals surface area contributed by atoms with Crippen LogP contribution in [-0.4, -0.2) is 27.9 Å². The van der Waals surface area contributed by atoms with E-state index in [1.165, 1.54) is 20.3 Å². The van der Waals surface area contributed by atoms with E-state index in [9.17, 15) is 13.2 Å². The fourth-order valence-electron chi connectivity index (χ4n) is 2.67. The highest BCUT2D eigenvalue weighted by Gasteiger charge is 2.35. The van der Waals surface area contributed by atoms with Gasteiger partial charge in [-0.2, -0.15) is 13.2 Å². The molecule has 0 aromatic heterocycles. The van der Waals surface area contributed by atoms with Gasteiger partial charge in [0.1, 0.15) is 22.8 Å². The van der Waals surface area contributed by atoms with E-state index in [4.69, 9.17) is 14.2 Å². The van der Waals surface area contributed by atoms with E-state index in [1.54, 1.807) is 7.11 Å². The molecule has 0 atom stereocenters. The summed E-state index contributed by atoms with van der Waals surface area (Å²) >= 11 is 0. The highest BCUT2D eigenvalue weighted by atomic mass is 35.5. The Balaban J connectivity index is 0.00000364. The van der Waals surface area contributed by atoms with Crippen molar-refractivity contribution in [2.45, 2.75) is 19.1 Å². The van der Waals surface area contributed by atoms with E-state index in [2.05, 4.69) is 5.32 Å². The Bertz CT molecular complexity index is 739. The predicted octanol–water partition coefficient (Wildman–Crippen LogP) is 4.49. The summed E-state index contributed by atoms with van der Waals surface area (Å²) in [7, 11) is 4.19. The second kappa shape index (κ2) is 10.3. The van der Waals surface area contributed by atoms with Gasteiger partial charge in [0, 0.05) is 12.1 Å². The Hall–Kier alpha value is -2.12. The van der Waals surface area contributed by atoms with Gasteiger partial charge in [-0.05, 0) is 36.7 Å². The molecule has 0 aliphatic heterocycles. The molecule has 1 N–H and O–H groups in total. The van der Waals surface area contributed by atoms with E-state index >= 15 is 0 Å². The third-order valence-corrected chi connectivity index (χ3v) is 3.99. The van der Waals surface area contributed by atoms with Crippen LogP contribution in [0.2, 0.25) is 0 Å². The van der Waals surface area contributed by atoms with Gasteiger partial charge in [-0.15, -0.1) is 12.4 Å². The zero-order valence-corrected chi connectivity index (χ0v) is 16.2. The normalized spacial score (nSPS) is 10.9. The maximum absolute atomic E-state index is 13.1. The summed E-state index contributed by atoms with van der Waals surface area (Å²) in [6.45, 7) is 1.15. The second-order valence-electron chi connectivity index (χ2n) is 5.60. The fraction of sp³-hybridized carbons (Fsp3) is 0.368. The van der Waals surface area contributed by atoms with Gasteiger partial charge in [0.15, 0.2) is 0 Å². The standard InChI is InChI=1S/C19H22F3NO3.ClH/c1-24-16-7-5-4-6-14(16)12-23-9-8-13-10-18(26-3)15(19(20,21)22)11-17(13)25-2;/h4-7,10-11,23H,8-9,12H2,1-3H3;1H. The minimum Gasteiger partial charge on any atom is -0.496 e. The van der Waals surface area contributed by atoms with Crippen molar-refractivity contribution < 1.29 is 27.4 Å². The van der Waals surface area contributed by atoms with Crippen LogP contribution >= 0.6 is 12.4 Å². The number of alkyl halides is 3. The van der Waals surface area contributed by atoms with E-state index in [1.807, 2.05) is 24.3 Å². The number of hydrogen-bond acceptors (Lipinski definition) is 4. The van der Waals surface area contributed by atoms with Crippen molar-refractivity contribution in [3.8, 4) is 17.2 Å². The van der Waals surface area contributed by atoms with Crippen molar-refractivity contribution in [3.05, 3.63) is 53.1 Å². The third kappa shape index (κ3) is 5.94. The highest BCUT2D eigenvalue weighted by molar-refractivity contribution is 5.85. The molecule has 0 saturated carbocycles. The van der Waals surface area contributed by atoms with Crippen molar-refractivity contribution in [1.82, 2.24) is 5.32 Å². The molecule has 0 saturated heterocycles. The Morgan fingerprint density at radius 2 is 1.48 bits per heavy atom. The monoisotopic (exact) mass is 405 g/mol. The van der Waals surface area contributed by atoms with Crippen molar-refractivity contribution in [2.75, 3.05) is 27.9 Å². The van der Waals surface area contributed by atoms with Crippen LogP contribution in [0.4, 0.5) is 13.2 Å². The van der Waals surface area contributed by atoms with Crippen LogP contribution in [0.1, 0.15) is 16.7 Å². The lowest BCUT2D eigenvalue weighted by atomic mass is 10.1. The van der Waals surface area contributed by atoms with Gasteiger partial charge in [0.2, 0.25) is 0 Å². The first-order chi connectivity index (χ1) is 12.4. The summed E-state index contributed by atoms with van der Waals surface area (Å²) in [5.74, 6) is 0.768. The topological polar surface area (TPSA) is 39.7 Å². The average Bonchev–Trinajstić information content (AvgIpc) is 2.64. The summed E-state index contributed by atoms with van der Waals surface area (Å²) < 4.78 is 54.6. The lowest BCUT2D eigenvalue weighted by molar-refractivity contribution is -0.138. The Morgan fingerprint density at radius 3 is 2.07 bits per heavy atom. The molecular weight excluding hydrogens is 383 g/mol. The minimum atomic E-state index is -4.50. The molecule has 0 heterocycles. The van der Waals surface area contributed by atoms with Crippen LogP contribution in [0.3, 0.4) is 0 Å². The third-order valence-electron chi connectivity index (χ3n) is 3.99. The molecule has 2 aromatic rings. The Labute approximate surface area is 163 Å². The second-order valence-corrected chi connectivity index (χ2v) is 5.60. The number of rotatable bonds is 8. The molecule has 0 radical (unpaired) electrons. The lowest BCUT2D eigenvalue weighted by Gasteiger charge is -2.17. The molecule has 2 aromatic carbocycles. The molecule has 0 unspecified atom stereocenters. The molecule has 8 heteroatoms. The first-order valence-electron chi connectivity index (χ1n) is 8.05. The van der Waals surface area contributed by atoms with Gasteiger partial charge in [-0.3, -0.25) is 0 Å². The first-order valence-corrected chi connectivity index (χ1v) is 8.05. The van der Waals surface area contributed by atoms with Crippen LogP contribution in [-0.2, 0) is 19.1 Å². The molecule has 2 rings (SSSR count). The molecule has 0 aliphatic carbocycles. The van der Waals surface area contributed by atoms with Crippen LogP contribution in [0.25, 0.3) is 0 Å². The predicted molar refractivity (Wildman–Crippen MR) is 100 cm³/mol. The molecular formula is C19H23ClF3NO3. The number of para-hydroxylation sites is 1. The van der Waals surface area contributed by atoms with Crippen LogP contribution in [0.15, 0.2) is 36.4 Å². The van der Waals surface area contributed by atoms with Crippen molar-refractivity contribution in [1.29, 1.82) is 0 Å². The largest absolute Gasteiger partial charge is 0.496 e. The van der Waals surface area contributed by atoms with Gasteiger partial charge in [0.05, 0.1) is 21.3 Å². The molecule has 0 bridgehead atoms. The molecule has 150 valence electrons. The van der Waals surface area contributed by atoms with E-state index in [-0.39, 0.29) is 23.9 Å². The quantitative estimate of drug-likeness (QED) is 0.657. The van der Waals surface area contributed by atoms with Gasteiger partial charge in [-0.25, -0.2) is 0 Å². The van der Waals surface area contributed by atoms with E-state index < -0.39 is 11.7 Å². The minimum absolute atomic E-state index is 0. The van der Waals surface area contributed by atoms with Gasteiger partial charge >= 0.3 is 6.18 Å². The summed E-state index contributed by atoms with van der Waals surface area (Å²) in [6.07, 6.45) is -4.01. The van der Waals surface area contributed by atoms with Gasteiger partial charge in [-0.1, -0.05) is 18.2 Å². The maximum Gasteiger partial charge on any atom is 0.420 e. The highest BCUT2D eigenvalue weighted by Crippen LogP contribution is 2.40. The zero-order chi connectivity index (χ0) is 19.2. The molecule has 0 spiro atoms. The number of nitrogens with one attached hydrogen (secondary N) is 1. The summed E-state index contributed by atoms with van der Waals surface area (Å²) in [5, 5.41) is 3.26. The number of ether oxygens (including phenoxy) is 3. The van der Waals surface area contributed by atoms with Crippen LogP contribution in [0, 0.1) is 0 Å². The molecule has 4 nitrogen and oxygen atoms in total. The van der Waals surface area contributed by atoms with Crippen LogP contribution < -0.4 is 19.5 Å². The van der Waals surface area contributed by atoms with E-state index in [0.29, 0.717) is 25.1 Å². The van der Waals surface area contributed by atoms with E-state index in [0.717, 1.165) is 17.4 Å². The van der Waals surface area contributed by atoms with Crippen molar-refractivity contribution in [3.63, 3.8) is 0 Å². The molecule has 0 aliphatic rings. The van der Waals surface area contributed by atoms with Crippen LogP contribution in [0.5, 0.6) is 17.2 Å². The fourth-order valence-corrected chi connectivity index (χ4v) is 2.67. The summed E-state index contributed by atoms with van der Waals surface area (Å²) in [6, 6.07) is 10.0. The SMILES string of the molecule is COc1cc(C(F)(F)F)c(OC)cc1CCNCc1ccccc1OC.Cl. The van der Waals surface area contributed by atoms with Gasteiger partial charge in [0.25, 0.3) is 0 Å². The van der Waals surface area contributed by atoms with Crippen molar-refractivity contribution in [2.24, 2.45) is 0 Å². The summed E-state index contributed by atoms with van der Waals surface area (Å²) in [4.78, 5) is 0. The maximum atomic E-state index is 13.1. The molecule has 0 fully saturated rings. The number of methoxy groups -OCH3 is 3. The van der Waals surface area contributed by atoms with Crippen molar-refractivity contribution >= 4 is 12.4 Å². The number of benzene rings is 2. The smallest absolute Gasteiger partial charge is 0.420 e. The average molecular weight is 406 g/mol.